The third-order valence-electron chi connectivity index (χ3n) is 7.86. The van der Waals surface area contributed by atoms with Gasteiger partial charge in [0.05, 0.1) is 33.6 Å². The maximum atomic E-state index is 12.6. The summed E-state index contributed by atoms with van der Waals surface area (Å²) in [6.45, 7) is 0.807. The maximum absolute atomic E-state index is 12.6. The number of benzene rings is 2. The van der Waals surface area contributed by atoms with Crippen molar-refractivity contribution in [1.82, 2.24) is 19.8 Å². The Hall–Kier alpha value is -4.98. The number of hydrogen-bond donors (Lipinski definition) is 0. The van der Waals surface area contributed by atoms with Crippen LogP contribution in [0.1, 0.15) is 78.2 Å². The smallest absolute Gasteiger partial charge is 0.261 e. The summed E-state index contributed by atoms with van der Waals surface area (Å²) < 4.78 is 0. The van der Waals surface area contributed by atoms with Gasteiger partial charge in [0.25, 0.3) is 23.6 Å². The van der Waals surface area contributed by atoms with Crippen LogP contribution in [-0.4, -0.2) is 56.5 Å². The van der Waals surface area contributed by atoms with Crippen LogP contribution in [0.5, 0.6) is 0 Å². The van der Waals surface area contributed by atoms with Crippen molar-refractivity contribution in [3.05, 3.63) is 119 Å². The number of imide groups is 2. The lowest BCUT2D eigenvalue weighted by atomic mass is 10.0. The molecule has 0 spiro atoms. The SMILES string of the molecule is O=C1c2ccccc2C(=O)N1CCCCc1ccnc(-c2cc(CCCCN3C(=O)c4ccccc4C3=O)ccn2)c1. The average Bonchev–Trinajstić information content (AvgIpc) is 3.42. The summed E-state index contributed by atoms with van der Waals surface area (Å²) in [5, 5.41) is 0. The first-order valence-electron chi connectivity index (χ1n) is 14.3. The molecule has 42 heavy (non-hydrogen) atoms. The number of aromatic nitrogens is 2. The second kappa shape index (κ2) is 11.9. The van der Waals surface area contributed by atoms with Gasteiger partial charge in [0.2, 0.25) is 0 Å². The number of carbonyl (C=O) groups is 4. The van der Waals surface area contributed by atoms with Crippen LogP contribution in [-0.2, 0) is 12.8 Å². The molecule has 0 bridgehead atoms. The number of unbranched alkanes of at least 4 members (excludes halogenated alkanes) is 2. The molecule has 0 aliphatic carbocycles. The van der Waals surface area contributed by atoms with Crippen LogP contribution in [0.2, 0.25) is 0 Å². The Balaban J connectivity index is 0.988. The molecule has 4 amide bonds. The summed E-state index contributed by atoms with van der Waals surface area (Å²) in [6, 6.07) is 22.0. The minimum atomic E-state index is -0.212. The first kappa shape index (κ1) is 27.2. The highest BCUT2D eigenvalue weighted by atomic mass is 16.2. The van der Waals surface area contributed by atoms with E-state index in [1.807, 2.05) is 24.3 Å². The number of nitrogens with zero attached hydrogens (tertiary/aromatic N) is 4. The summed E-state index contributed by atoms with van der Waals surface area (Å²) in [5.41, 5.74) is 5.77. The third-order valence-corrected chi connectivity index (χ3v) is 7.86. The van der Waals surface area contributed by atoms with E-state index < -0.39 is 0 Å². The zero-order valence-electron chi connectivity index (χ0n) is 23.2. The monoisotopic (exact) mass is 558 g/mol. The van der Waals surface area contributed by atoms with Gasteiger partial charge in [-0.2, -0.15) is 0 Å². The molecule has 0 N–H and O–H groups in total. The molecular weight excluding hydrogens is 528 g/mol. The zero-order chi connectivity index (χ0) is 29.1. The summed E-state index contributed by atoms with van der Waals surface area (Å²) >= 11 is 0. The maximum Gasteiger partial charge on any atom is 0.261 e. The summed E-state index contributed by atoms with van der Waals surface area (Å²) in [6.07, 6.45) is 8.27. The fourth-order valence-electron chi connectivity index (χ4n) is 5.62. The number of carbonyl (C=O) groups excluding carboxylic acids is 4. The first-order valence-corrected chi connectivity index (χ1v) is 14.3. The molecule has 6 rings (SSSR count). The number of aryl methyl sites for hydroxylation is 2. The highest BCUT2D eigenvalue weighted by Gasteiger charge is 2.35. The van der Waals surface area contributed by atoms with E-state index in [0.717, 1.165) is 61.0 Å². The Morgan fingerprint density at radius 3 is 1.19 bits per heavy atom. The van der Waals surface area contributed by atoms with Crippen molar-refractivity contribution >= 4 is 23.6 Å². The normalized spacial score (nSPS) is 14.1. The predicted octanol–water partition coefficient (Wildman–Crippen LogP) is 5.38. The molecule has 0 radical (unpaired) electrons. The fraction of sp³-hybridized carbons (Fsp3) is 0.235. The van der Waals surface area contributed by atoms with Crippen LogP contribution in [0.4, 0.5) is 0 Å². The van der Waals surface area contributed by atoms with E-state index in [-0.39, 0.29) is 23.6 Å². The predicted molar refractivity (Wildman–Crippen MR) is 157 cm³/mol. The number of hydrogen-bond acceptors (Lipinski definition) is 6. The van der Waals surface area contributed by atoms with Crippen molar-refractivity contribution in [3.8, 4) is 11.4 Å². The largest absolute Gasteiger partial charge is 0.274 e. The number of pyridine rings is 2. The van der Waals surface area contributed by atoms with Gasteiger partial charge >= 0.3 is 0 Å². The van der Waals surface area contributed by atoms with E-state index in [0.29, 0.717) is 35.3 Å². The minimum Gasteiger partial charge on any atom is -0.274 e. The van der Waals surface area contributed by atoms with Crippen LogP contribution in [0.25, 0.3) is 11.4 Å². The first-order chi connectivity index (χ1) is 20.5. The van der Waals surface area contributed by atoms with Gasteiger partial charge in [-0.1, -0.05) is 24.3 Å². The van der Waals surface area contributed by atoms with E-state index in [2.05, 4.69) is 9.97 Å². The van der Waals surface area contributed by atoms with E-state index >= 15 is 0 Å². The van der Waals surface area contributed by atoms with Crippen molar-refractivity contribution in [2.45, 2.75) is 38.5 Å². The number of amides is 4. The molecule has 2 aliphatic rings. The lowest BCUT2D eigenvalue weighted by Gasteiger charge is -2.13. The Morgan fingerprint density at radius 2 is 0.833 bits per heavy atom. The van der Waals surface area contributed by atoms with Gasteiger partial charge in [-0.3, -0.25) is 38.9 Å². The molecule has 0 unspecified atom stereocenters. The van der Waals surface area contributed by atoms with Crippen LogP contribution in [0.3, 0.4) is 0 Å². The molecular formula is C34H30N4O4. The number of fused-ring (bicyclic) bond motifs is 2. The van der Waals surface area contributed by atoms with Gasteiger partial charge < -0.3 is 0 Å². The lowest BCUT2D eigenvalue weighted by molar-refractivity contribution is 0.0636. The van der Waals surface area contributed by atoms with E-state index in [9.17, 15) is 19.2 Å². The Kier molecular flexibility index (Phi) is 7.68. The van der Waals surface area contributed by atoms with Crippen LogP contribution >= 0.6 is 0 Å². The standard InChI is InChI=1S/C34H30N4O4/c39-31-25-11-1-2-12-26(25)32(40)37(31)19-7-5-9-23-15-17-35-29(21-23)30-22-24(16-18-36-30)10-6-8-20-38-33(41)27-13-3-4-14-28(27)34(38)42/h1-4,11-18,21-22H,5-10,19-20H2. The van der Waals surface area contributed by atoms with Crippen molar-refractivity contribution in [3.63, 3.8) is 0 Å². The Bertz CT molecular complexity index is 1500. The van der Waals surface area contributed by atoms with Crippen LogP contribution < -0.4 is 0 Å². The molecule has 2 aromatic carbocycles. The lowest BCUT2D eigenvalue weighted by Crippen LogP contribution is -2.30. The highest BCUT2D eigenvalue weighted by Crippen LogP contribution is 2.25. The number of rotatable bonds is 11. The molecule has 4 heterocycles. The summed E-state index contributed by atoms with van der Waals surface area (Å²) in [7, 11) is 0. The molecule has 0 saturated carbocycles. The van der Waals surface area contributed by atoms with Gasteiger partial charge in [0.15, 0.2) is 0 Å². The Morgan fingerprint density at radius 1 is 0.476 bits per heavy atom. The van der Waals surface area contributed by atoms with Gasteiger partial charge in [0.1, 0.15) is 0 Å². The molecule has 0 fully saturated rings. The Labute approximate surface area is 244 Å². The molecule has 2 aromatic heterocycles. The third kappa shape index (κ3) is 5.35. The minimum absolute atomic E-state index is 0.212. The van der Waals surface area contributed by atoms with Crippen LogP contribution in [0.15, 0.2) is 85.2 Å². The van der Waals surface area contributed by atoms with Gasteiger partial charge in [-0.05, 0) is 98.2 Å². The zero-order valence-corrected chi connectivity index (χ0v) is 23.2. The summed E-state index contributed by atoms with van der Waals surface area (Å²) in [4.78, 5) is 62.0. The van der Waals surface area contributed by atoms with Gasteiger partial charge in [-0.15, -0.1) is 0 Å². The van der Waals surface area contributed by atoms with Crippen molar-refractivity contribution in [2.24, 2.45) is 0 Å². The second-order valence-electron chi connectivity index (χ2n) is 10.6. The molecule has 8 heteroatoms. The van der Waals surface area contributed by atoms with Crippen LogP contribution in [0, 0.1) is 0 Å². The molecule has 0 saturated heterocycles. The van der Waals surface area contributed by atoms with E-state index in [1.54, 1.807) is 60.9 Å². The molecule has 4 aromatic rings. The molecule has 2 aliphatic heterocycles. The quantitative estimate of drug-likeness (QED) is 0.181. The van der Waals surface area contributed by atoms with Gasteiger partial charge in [-0.25, -0.2) is 0 Å². The summed E-state index contributed by atoms with van der Waals surface area (Å²) in [5.74, 6) is -0.847. The molecule has 210 valence electrons. The topological polar surface area (TPSA) is 101 Å². The van der Waals surface area contributed by atoms with Gasteiger partial charge in [0, 0.05) is 25.5 Å². The van der Waals surface area contributed by atoms with Crippen molar-refractivity contribution in [2.75, 3.05) is 13.1 Å². The average molecular weight is 559 g/mol. The highest BCUT2D eigenvalue weighted by molar-refractivity contribution is 6.22. The van der Waals surface area contributed by atoms with Crippen molar-refractivity contribution < 1.29 is 19.2 Å². The second-order valence-corrected chi connectivity index (χ2v) is 10.6. The molecule has 0 atom stereocenters. The molecule has 8 nitrogen and oxygen atoms in total. The van der Waals surface area contributed by atoms with E-state index in [4.69, 9.17) is 0 Å². The fourth-order valence-corrected chi connectivity index (χ4v) is 5.62. The van der Waals surface area contributed by atoms with E-state index in [1.165, 1.54) is 9.80 Å². The van der Waals surface area contributed by atoms with Crippen molar-refractivity contribution in [1.29, 1.82) is 0 Å².